The average molecular weight is 544 g/mol. The van der Waals surface area contributed by atoms with E-state index in [1.54, 1.807) is 38.1 Å². The third-order valence-electron chi connectivity index (χ3n) is 5.57. The number of carbonyl (C=O) groups excluding carboxylic acids is 1. The lowest BCUT2D eigenvalue weighted by molar-refractivity contribution is 0.0525. The van der Waals surface area contributed by atoms with Crippen LogP contribution in [0, 0.1) is 18.3 Å². The van der Waals surface area contributed by atoms with Crippen molar-refractivity contribution in [2.45, 2.75) is 24.8 Å². The first-order valence-electron chi connectivity index (χ1n) is 10.7. The number of nitrogens with zero attached hydrogens (tertiary/aromatic N) is 3. The molecule has 0 bridgehead atoms. The fourth-order valence-electron chi connectivity index (χ4n) is 3.92. The monoisotopic (exact) mass is 543 g/mol. The first kappa shape index (κ1) is 25.7. The second-order valence-electron chi connectivity index (χ2n) is 7.80. The van der Waals surface area contributed by atoms with Crippen LogP contribution in [0.3, 0.4) is 0 Å². The van der Waals surface area contributed by atoms with Crippen molar-refractivity contribution in [3.8, 4) is 6.07 Å². The molecule has 0 aliphatic rings. The highest BCUT2D eigenvalue weighted by molar-refractivity contribution is 7.90. The van der Waals surface area contributed by atoms with Crippen LogP contribution >= 0.6 is 23.2 Å². The maximum Gasteiger partial charge on any atom is 0.341 e. The SMILES string of the molecule is CCOC(=O)c1cnc(Cl)c(C(O)c2cc3c(C)cc(C#N)cc3n2S(=O)(=O)c2ccccc2)c1Cl. The summed E-state index contributed by atoms with van der Waals surface area (Å²) < 4.78 is 33.6. The Morgan fingerprint density at radius 2 is 1.92 bits per heavy atom. The molecule has 2 aromatic heterocycles. The summed E-state index contributed by atoms with van der Waals surface area (Å²) >= 11 is 12.7. The van der Waals surface area contributed by atoms with E-state index < -0.39 is 22.1 Å². The number of fused-ring (bicyclic) bond motifs is 1. The van der Waals surface area contributed by atoms with Crippen LogP contribution in [-0.4, -0.2) is 35.1 Å². The lowest BCUT2D eigenvalue weighted by Crippen LogP contribution is -2.19. The molecule has 1 N–H and O–H groups in total. The maximum atomic E-state index is 13.8. The van der Waals surface area contributed by atoms with Gasteiger partial charge >= 0.3 is 5.97 Å². The zero-order valence-corrected chi connectivity index (χ0v) is 21.4. The van der Waals surface area contributed by atoms with Crippen LogP contribution in [0.15, 0.2) is 59.6 Å². The third kappa shape index (κ3) is 4.33. The predicted molar refractivity (Wildman–Crippen MR) is 135 cm³/mol. The fraction of sp³-hybridized carbons (Fsp3) is 0.160. The zero-order valence-electron chi connectivity index (χ0n) is 19.1. The fourth-order valence-corrected chi connectivity index (χ4v) is 6.08. The van der Waals surface area contributed by atoms with Crippen molar-refractivity contribution in [1.29, 1.82) is 5.26 Å². The Morgan fingerprint density at radius 3 is 2.56 bits per heavy atom. The van der Waals surface area contributed by atoms with Crippen molar-refractivity contribution in [3.05, 3.63) is 92.9 Å². The molecule has 0 amide bonds. The molecular weight excluding hydrogens is 525 g/mol. The molecule has 1 unspecified atom stereocenters. The summed E-state index contributed by atoms with van der Waals surface area (Å²) in [6, 6.07) is 14.2. The summed E-state index contributed by atoms with van der Waals surface area (Å²) in [5.74, 6) is -0.771. The second kappa shape index (κ2) is 9.91. The van der Waals surface area contributed by atoms with Gasteiger partial charge in [0, 0.05) is 17.1 Å². The molecule has 0 aliphatic heterocycles. The van der Waals surface area contributed by atoms with Gasteiger partial charge in [-0.25, -0.2) is 22.2 Å². The van der Waals surface area contributed by atoms with Crippen molar-refractivity contribution >= 4 is 50.1 Å². The number of carbonyl (C=O) groups is 1. The number of benzene rings is 2. The molecule has 0 radical (unpaired) electrons. The minimum absolute atomic E-state index is 0.0356. The van der Waals surface area contributed by atoms with Gasteiger partial charge in [-0.15, -0.1) is 0 Å². The van der Waals surface area contributed by atoms with E-state index in [2.05, 4.69) is 4.98 Å². The van der Waals surface area contributed by atoms with Crippen molar-refractivity contribution < 1.29 is 23.1 Å². The Bertz CT molecular complexity index is 1640. The molecule has 184 valence electrons. The minimum Gasteiger partial charge on any atom is -0.462 e. The number of hydrogen-bond donors (Lipinski definition) is 1. The predicted octanol–water partition coefficient (Wildman–Crippen LogP) is 5.02. The highest BCUT2D eigenvalue weighted by Gasteiger charge is 2.31. The smallest absolute Gasteiger partial charge is 0.341 e. The Balaban J connectivity index is 2.05. The lowest BCUT2D eigenvalue weighted by atomic mass is 10.0. The number of ether oxygens (including phenoxy) is 1. The van der Waals surface area contributed by atoms with Crippen molar-refractivity contribution in [2.75, 3.05) is 6.61 Å². The third-order valence-corrected chi connectivity index (χ3v) is 8.04. The summed E-state index contributed by atoms with van der Waals surface area (Å²) in [6.45, 7) is 3.43. The van der Waals surface area contributed by atoms with E-state index in [4.69, 9.17) is 27.9 Å². The van der Waals surface area contributed by atoms with Crippen LogP contribution in [0.4, 0.5) is 0 Å². The quantitative estimate of drug-likeness (QED) is 0.267. The van der Waals surface area contributed by atoms with E-state index in [-0.39, 0.29) is 49.6 Å². The van der Waals surface area contributed by atoms with Gasteiger partial charge in [0.2, 0.25) is 0 Å². The van der Waals surface area contributed by atoms with Crippen LogP contribution in [0.2, 0.25) is 10.2 Å². The number of pyridine rings is 1. The topological polar surface area (TPSA) is 122 Å². The standard InChI is InChI=1S/C25H19Cl2N3O5S/c1-3-35-25(32)18-13-29-24(27)21(22(18)26)23(31)20-11-17-14(2)9-15(12-28)10-19(17)30(20)36(33,34)16-7-5-4-6-8-16/h4-11,13,23,31H,3H2,1-2H3. The van der Waals surface area contributed by atoms with Crippen molar-refractivity contribution in [1.82, 2.24) is 8.96 Å². The van der Waals surface area contributed by atoms with E-state index in [1.165, 1.54) is 24.3 Å². The van der Waals surface area contributed by atoms with E-state index in [1.807, 2.05) is 6.07 Å². The minimum atomic E-state index is -4.26. The number of aliphatic hydroxyl groups excluding tert-OH is 1. The number of aliphatic hydroxyl groups is 1. The molecule has 0 fully saturated rings. The molecule has 11 heteroatoms. The Labute approximate surface area is 217 Å². The molecule has 4 rings (SSSR count). The molecule has 4 aromatic rings. The van der Waals surface area contributed by atoms with Crippen LogP contribution in [0.1, 0.15) is 45.8 Å². The van der Waals surface area contributed by atoms with Gasteiger partial charge in [-0.05, 0) is 49.7 Å². The number of rotatable bonds is 6. The molecule has 0 aliphatic carbocycles. The number of hydrogen-bond acceptors (Lipinski definition) is 7. The summed E-state index contributed by atoms with van der Waals surface area (Å²) in [5, 5.41) is 21.0. The molecule has 2 heterocycles. The number of nitriles is 1. The van der Waals surface area contributed by atoms with Gasteiger partial charge in [0.05, 0.1) is 44.9 Å². The van der Waals surface area contributed by atoms with Gasteiger partial charge in [-0.3, -0.25) is 0 Å². The van der Waals surface area contributed by atoms with Crippen LogP contribution in [0.25, 0.3) is 10.9 Å². The van der Waals surface area contributed by atoms with Crippen LogP contribution in [-0.2, 0) is 14.8 Å². The summed E-state index contributed by atoms with van der Waals surface area (Å²) in [5.41, 5.74) is 0.661. The molecule has 0 saturated carbocycles. The highest BCUT2D eigenvalue weighted by Crippen LogP contribution is 2.39. The van der Waals surface area contributed by atoms with Crippen molar-refractivity contribution in [2.24, 2.45) is 0 Å². The van der Waals surface area contributed by atoms with E-state index in [0.29, 0.717) is 10.9 Å². The number of aromatic nitrogens is 2. The van der Waals surface area contributed by atoms with Crippen LogP contribution < -0.4 is 0 Å². The normalized spacial score (nSPS) is 12.3. The zero-order chi connectivity index (χ0) is 26.2. The maximum absolute atomic E-state index is 13.8. The molecular formula is C25H19Cl2N3O5S. The van der Waals surface area contributed by atoms with Gasteiger partial charge in [0.1, 0.15) is 11.3 Å². The van der Waals surface area contributed by atoms with Gasteiger partial charge in [0.15, 0.2) is 0 Å². The van der Waals surface area contributed by atoms with E-state index in [0.717, 1.165) is 10.2 Å². The largest absolute Gasteiger partial charge is 0.462 e. The van der Waals surface area contributed by atoms with Gasteiger partial charge in [-0.1, -0.05) is 41.4 Å². The molecule has 0 saturated heterocycles. The van der Waals surface area contributed by atoms with E-state index in [9.17, 15) is 23.6 Å². The van der Waals surface area contributed by atoms with E-state index >= 15 is 0 Å². The van der Waals surface area contributed by atoms with Crippen molar-refractivity contribution in [3.63, 3.8) is 0 Å². The van der Waals surface area contributed by atoms with Crippen LogP contribution in [0.5, 0.6) is 0 Å². The average Bonchev–Trinajstić information content (AvgIpc) is 3.25. The lowest BCUT2D eigenvalue weighted by Gasteiger charge is -2.19. The molecule has 36 heavy (non-hydrogen) atoms. The van der Waals surface area contributed by atoms with Gasteiger partial charge < -0.3 is 9.84 Å². The first-order chi connectivity index (χ1) is 17.1. The van der Waals surface area contributed by atoms with Gasteiger partial charge in [-0.2, -0.15) is 5.26 Å². The molecule has 0 spiro atoms. The Morgan fingerprint density at radius 1 is 1.22 bits per heavy atom. The number of esters is 1. The highest BCUT2D eigenvalue weighted by atomic mass is 35.5. The first-order valence-corrected chi connectivity index (χ1v) is 12.9. The summed E-state index contributed by atoms with van der Waals surface area (Å²) in [6.07, 6.45) is -0.582. The molecule has 1 atom stereocenters. The second-order valence-corrected chi connectivity index (χ2v) is 10.3. The number of halogens is 2. The molecule has 8 nitrogen and oxygen atoms in total. The summed E-state index contributed by atoms with van der Waals surface area (Å²) in [4.78, 5) is 16.3. The Kier molecular flexibility index (Phi) is 7.07. The molecule has 2 aromatic carbocycles. The Hall–Kier alpha value is -3.42. The van der Waals surface area contributed by atoms with Gasteiger partial charge in [0.25, 0.3) is 10.0 Å². The summed E-state index contributed by atoms with van der Waals surface area (Å²) in [7, 11) is -4.26. The number of aryl methyl sites for hydroxylation is 1.